The quantitative estimate of drug-likeness (QED) is 0.505. The maximum atomic E-state index is 12.7. The predicted molar refractivity (Wildman–Crippen MR) is 112 cm³/mol. The molecule has 0 fully saturated rings. The molecule has 3 aromatic heterocycles. The number of aromatic amines is 1. The highest BCUT2D eigenvalue weighted by molar-refractivity contribution is 7.91. The van der Waals surface area contributed by atoms with Gasteiger partial charge < -0.3 is 4.98 Å². The van der Waals surface area contributed by atoms with Crippen molar-refractivity contribution < 1.29 is 13.2 Å². The number of anilines is 1. The van der Waals surface area contributed by atoms with Crippen LogP contribution in [0.2, 0.25) is 0 Å². The van der Waals surface area contributed by atoms with Crippen molar-refractivity contribution in [3.8, 4) is 11.5 Å². The summed E-state index contributed by atoms with van der Waals surface area (Å²) in [5, 5.41) is 3.27. The molecule has 152 valence electrons. The molecule has 0 saturated heterocycles. The van der Waals surface area contributed by atoms with Crippen LogP contribution in [-0.4, -0.2) is 45.0 Å². The van der Waals surface area contributed by atoms with Gasteiger partial charge in [-0.05, 0) is 43.3 Å². The summed E-state index contributed by atoms with van der Waals surface area (Å²) in [6.07, 6.45) is 1.63. The number of hydrogen-bond acceptors (Lipinski definition) is 7. The lowest BCUT2D eigenvalue weighted by Crippen LogP contribution is -2.16. The molecule has 1 amide bonds. The Bertz CT molecular complexity index is 1350. The zero-order chi connectivity index (χ0) is 21.3. The number of aromatic nitrogens is 5. The molecule has 0 saturated carbocycles. The molecule has 4 aromatic rings. The van der Waals surface area contributed by atoms with Crippen LogP contribution in [0.25, 0.3) is 22.4 Å². The van der Waals surface area contributed by atoms with E-state index in [1.807, 2.05) is 6.07 Å². The van der Waals surface area contributed by atoms with E-state index in [2.05, 4.69) is 30.2 Å². The molecule has 0 unspecified atom stereocenters. The van der Waals surface area contributed by atoms with Gasteiger partial charge in [0, 0.05) is 17.1 Å². The summed E-state index contributed by atoms with van der Waals surface area (Å²) >= 11 is 0. The summed E-state index contributed by atoms with van der Waals surface area (Å²) in [7, 11) is -3.33. The Hall–Kier alpha value is -3.66. The van der Waals surface area contributed by atoms with E-state index in [9.17, 15) is 13.2 Å². The number of rotatable bonds is 5. The van der Waals surface area contributed by atoms with E-state index in [1.165, 1.54) is 6.07 Å². The Labute approximate surface area is 172 Å². The molecule has 1 aromatic carbocycles. The van der Waals surface area contributed by atoms with Gasteiger partial charge in [0.05, 0.1) is 10.6 Å². The number of aryl methyl sites for hydroxylation is 1. The molecule has 0 aliphatic heterocycles. The number of pyridine rings is 1. The highest BCUT2D eigenvalue weighted by Crippen LogP contribution is 2.21. The number of amides is 1. The molecule has 0 radical (unpaired) electrons. The first-order valence-corrected chi connectivity index (χ1v) is 10.8. The van der Waals surface area contributed by atoms with Gasteiger partial charge in [-0.2, -0.15) is 9.97 Å². The Balaban J connectivity index is 1.63. The van der Waals surface area contributed by atoms with Crippen molar-refractivity contribution in [1.82, 2.24) is 24.9 Å². The number of carbonyl (C=O) groups excluding carboxylic acids is 1. The van der Waals surface area contributed by atoms with Gasteiger partial charge in [-0.1, -0.05) is 13.0 Å². The van der Waals surface area contributed by atoms with Crippen LogP contribution in [0.1, 0.15) is 23.2 Å². The van der Waals surface area contributed by atoms with Crippen LogP contribution in [0.4, 0.5) is 5.95 Å². The fourth-order valence-corrected chi connectivity index (χ4v) is 3.82. The molecule has 10 heteroatoms. The number of sulfone groups is 1. The van der Waals surface area contributed by atoms with E-state index in [0.717, 1.165) is 0 Å². The van der Waals surface area contributed by atoms with Gasteiger partial charge in [-0.15, -0.1) is 0 Å². The van der Waals surface area contributed by atoms with E-state index >= 15 is 0 Å². The molecule has 9 nitrogen and oxygen atoms in total. The lowest BCUT2D eigenvalue weighted by atomic mass is 10.2. The number of carbonyl (C=O) groups is 1. The summed E-state index contributed by atoms with van der Waals surface area (Å²) in [5.41, 5.74) is 1.47. The van der Waals surface area contributed by atoms with Crippen molar-refractivity contribution in [2.24, 2.45) is 0 Å². The van der Waals surface area contributed by atoms with Crippen molar-refractivity contribution >= 4 is 32.6 Å². The van der Waals surface area contributed by atoms with Gasteiger partial charge >= 0.3 is 0 Å². The normalized spacial score (nSPS) is 11.5. The molecule has 0 bridgehead atoms. The van der Waals surface area contributed by atoms with E-state index in [4.69, 9.17) is 0 Å². The van der Waals surface area contributed by atoms with Gasteiger partial charge in [0.25, 0.3) is 5.91 Å². The summed E-state index contributed by atoms with van der Waals surface area (Å²) in [5.74, 6) is 0.439. The van der Waals surface area contributed by atoms with Crippen LogP contribution in [0.5, 0.6) is 0 Å². The van der Waals surface area contributed by atoms with E-state index in [1.54, 1.807) is 50.4 Å². The number of benzene rings is 1. The fraction of sp³-hybridized carbons (Fsp3) is 0.150. The molecule has 0 spiro atoms. The monoisotopic (exact) mass is 422 g/mol. The first-order valence-electron chi connectivity index (χ1n) is 9.16. The lowest BCUT2D eigenvalue weighted by Gasteiger charge is -2.05. The Morgan fingerprint density at radius 1 is 1.10 bits per heavy atom. The highest BCUT2D eigenvalue weighted by atomic mass is 32.2. The van der Waals surface area contributed by atoms with Crippen molar-refractivity contribution in [1.29, 1.82) is 0 Å². The number of hydrogen-bond donors (Lipinski definition) is 2. The smallest absolute Gasteiger partial charge is 0.274 e. The maximum absolute atomic E-state index is 12.7. The number of nitrogens with one attached hydrogen (secondary N) is 2. The summed E-state index contributed by atoms with van der Waals surface area (Å²) < 4.78 is 24.2. The van der Waals surface area contributed by atoms with Gasteiger partial charge in [0.1, 0.15) is 17.2 Å². The number of nitrogens with zero attached hydrogens (tertiary/aromatic N) is 4. The molecule has 4 rings (SSSR count). The zero-order valence-corrected chi connectivity index (χ0v) is 17.1. The predicted octanol–water partition coefficient (Wildman–Crippen LogP) is 2.77. The van der Waals surface area contributed by atoms with Crippen molar-refractivity contribution in [2.45, 2.75) is 18.7 Å². The SMILES string of the molecule is CCS(=O)(=O)c1ccc2[nH]c(C(=O)Nc3nc(C)nc(-c4ccccn4)n3)cc2c1. The minimum Gasteiger partial charge on any atom is -0.351 e. The first kappa shape index (κ1) is 19.6. The standard InChI is InChI=1S/C20H18N6O3S/c1-3-30(28,29)14-7-8-15-13(10-14)11-17(24-15)19(27)26-20-23-12(2)22-18(25-20)16-6-4-5-9-21-16/h4-11,24H,3H2,1-2H3,(H,22,23,25,26,27). The molecule has 2 N–H and O–H groups in total. The van der Waals surface area contributed by atoms with Gasteiger partial charge in [0.15, 0.2) is 15.7 Å². The molecule has 3 heterocycles. The Morgan fingerprint density at radius 2 is 1.93 bits per heavy atom. The minimum atomic E-state index is -3.33. The average Bonchev–Trinajstić information content (AvgIpc) is 3.17. The highest BCUT2D eigenvalue weighted by Gasteiger charge is 2.16. The molecule has 0 aliphatic rings. The first-order chi connectivity index (χ1) is 14.4. The zero-order valence-electron chi connectivity index (χ0n) is 16.2. The van der Waals surface area contributed by atoms with E-state index < -0.39 is 15.7 Å². The van der Waals surface area contributed by atoms with Crippen molar-refractivity contribution in [3.05, 3.63) is 60.2 Å². The van der Waals surface area contributed by atoms with Crippen LogP contribution < -0.4 is 5.32 Å². The van der Waals surface area contributed by atoms with E-state index in [0.29, 0.717) is 28.2 Å². The Morgan fingerprint density at radius 3 is 2.67 bits per heavy atom. The average molecular weight is 422 g/mol. The second-order valence-corrected chi connectivity index (χ2v) is 8.81. The van der Waals surface area contributed by atoms with Crippen molar-refractivity contribution in [3.63, 3.8) is 0 Å². The van der Waals surface area contributed by atoms with Crippen LogP contribution in [-0.2, 0) is 9.84 Å². The molecule has 0 atom stereocenters. The lowest BCUT2D eigenvalue weighted by molar-refractivity contribution is 0.102. The van der Waals surface area contributed by atoms with Gasteiger partial charge in [0.2, 0.25) is 5.95 Å². The number of H-pyrrole nitrogens is 1. The third-order valence-corrected chi connectivity index (χ3v) is 6.17. The molecular formula is C20H18N6O3S. The second-order valence-electron chi connectivity index (χ2n) is 6.53. The third-order valence-electron chi connectivity index (χ3n) is 4.44. The van der Waals surface area contributed by atoms with Crippen molar-refractivity contribution in [2.75, 3.05) is 11.1 Å². The van der Waals surface area contributed by atoms with Crippen LogP contribution >= 0.6 is 0 Å². The third kappa shape index (κ3) is 3.90. The maximum Gasteiger partial charge on any atom is 0.274 e. The van der Waals surface area contributed by atoms with Gasteiger partial charge in [-0.25, -0.2) is 13.4 Å². The Kier molecular flexibility index (Phi) is 5.00. The summed E-state index contributed by atoms with van der Waals surface area (Å²) in [4.78, 5) is 32.8. The topological polar surface area (TPSA) is 131 Å². The largest absolute Gasteiger partial charge is 0.351 e. The summed E-state index contributed by atoms with van der Waals surface area (Å²) in [6, 6.07) is 11.7. The molecular weight excluding hydrogens is 404 g/mol. The number of fused-ring (bicyclic) bond motifs is 1. The van der Waals surface area contributed by atoms with Crippen LogP contribution in [0.15, 0.2) is 53.6 Å². The van der Waals surface area contributed by atoms with Gasteiger partial charge in [-0.3, -0.25) is 15.1 Å². The van der Waals surface area contributed by atoms with Crippen LogP contribution in [0.3, 0.4) is 0 Å². The molecule has 0 aliphatic carbocycles. The van der Waals surface area contributed by atoms with Crippen LogP contribution in [0, 0.1) is 6.92 Å². The van der Waals surface area contributed by atoms with E-state index in [-0.39, 0.29) is 22.3 Å². The summed E-state index contributed by atoms with van der Waals surface area (Å²) in [6.45, 7) is 3.29. The second kappa shape index (κ2) is 7.64. The minimum absolute atomic E-state index is 0.00755. The fourth-order valence-electron chi connectivity index (χ4n) is 2.91. The molecule has 30 heavy (non-hydrogen) atoms.